The van der Waals surface area contributed by atoms with E-state index in [9.17, 15) is 10.0 Å². The molecule has 0 bridgehead atoms. The van der Waals surface area contributed by atoms with Gasteiger partial charge in [-0.05, 0) is 12.3 Å². The van der Waals surface area contributed by atoms with Gasteiger partial charge >= 0.3 is 0 Å². The van der Waals surface area contributed by atoms with Crippen LogP contribution >= 0.6 is 0 Å². The zero-order valence-corrected chi connectivity index (χ0v) is 17.4. The van der Waals surface area contributed by atoms with Crippen LogP contribution in [-0.4, -0.2) is 52.3 Å². The van der Waals surface area contributed by atoms with Crippen LogP contribution in [0.15, 0.2) is 78.4 Å². The molecule has 9 nitrogen and oxygen atoms in total. The number of hydrogen-bond acceptors (Lipinski definition) is 9. The maximum atomic E-state index is 13.3. The van der Waals surface area contributed by atoms with E-state index >= 15 is 0 Å². The van der Waals surface area contributed by atoms with Crippen LogP contribution in [0.5, 0.6) is 5.75 Å². The summed E-state index contributed by atoms with van der Waals surface area (Å²) in [6.45, 7) is 0. The van der Waals surface area contributed by atoms with Crippen LogP contribution in [0.4, 0.5) is 5.69 Å². The molecule has 0 saturated carbocycles. The number of Topliss-reactive ketones (excluding diaryl/α,β-unsaturated/α-hetero) is 1. The Morgan fingerprint density at radius 2 is 2.06 bits per heavy atom. The summed E-state index contributed by atoms with van der Waals surface area (Å²) in [4.78, 5) is 17.4. The molecule has 2 unspecified atom stereocenters. The monoisotopic (exact) mass is 432 g/mol. The molecule has 5 N–H and O–H groups in total. The van der Waals surface area contributed by atoms with Crippen molar-refractivity contribution in [1.82, 2.24) is 10.3 Å². The van der Waals surface area contributed by atoms with Gasteiger partial charge in [0.2, 0.25) is 5.78 Å². The van der Waals surface area contributed by atoms with E-state index in [1.807, 2.05) is 18.2 Å². The van der Waals surface area contributed by atoms with Crippen LogP contribution in [0.25, 0.3) is 0 Å². The number of oxime groups is 1. The quantitative estimate of drug-likeness (QED) is 0.222. The van der Waals surface area contributed by atoms with Gasteiger partial charge < -0.3 is 26.0 Å². The predicted molar refractivity (Wildman–Crippen MR) is 123 cm³/mol. The molecule has 9 heteroatoms. The van der Waals surface area contributed by atoms with Gasteiger partial charge in [0, 0.05) is 29.8 Å². The zero-order valence-electron chi connectivity index (χ0n) is 17.4. The van der Waals surface area contributed by atoms with E-state index in [-0.39, 0.29) is 23.9 Å². The summed E-state index contributed by atoms with van der Waals surface area (Å²) in [6.07, 6.45) is 10.6. The van der Waals surface area contributed by atoms with E-state index < -0.39 is 17.5 Å². The van der Waals surface area contributed by atoms with Gasteiger partial charge in [-0.15, -0.1) is 0 Å². The Labute approximate surface area is 185 Å². The lowest BCUT2D eigenvalue weighted by Crippen LogP contribution is -2.45. The summed E-state index contributed by atoms with van der Waals surface area (Å²) in [6, 6.07) is 8.79. The third-order valence-electron chi connectivity index (χ3n) is 4.80. The number of rotatable bonds is 10. The molecule has 3 rings (SSSR count). The first kappa shape index (κ1) is 22.4. The fraction of sp³-hybridized carbons (Fsp3) is 0.174. The summed E-state index contributed by atoms with van der Waals surface area (Å²) in [5.41, 5.74) is 0.255. The third-order valence-corrected chi connectivity index (χ3v) is 4.80. The fourth-order valence-electron chi connectivity index (χ4n) is 3.17. The number of aromatic nitrogens is 1. The second kappa shape index (κ2) is 10.7. The highest BCUT2D eigenvalue weighted by molar-refractivity contribution is 6.71. The lowest BCUT2D eigenvalue weighted by Gasteiger charge is -2.23. The molecule has 1 aliphatic rings. The number of nitrogens with zero attached hydrogens (tertiary/aromatic N) is 2. The maximum absolute atomic E-state index is 13.3. The number of anilines is 1. The first-order chi connectivity index (χ1) is 15.5. The number of benzene rings is 1. The van der Waals surface area contributed by atoms with E-state index in [2.05, 4.69) is 20.8 Å². The Balaban J connectivity index is 1.88. The van der Waals surface area contributed by atoms with E-state index in [1.165, 1.54) is 19.5 Å². The molecule has 1 aromatic carbocycles. The molecule has 0 aliphatic carbocycles. The third kappa shape index (κ3) is 5.45. The topological polar surface area (TPSA) is 144 Å². The van der Waals surface area contributed by atoms with E-state index in [0.717, 1.165) is 0 Å². The van der Waals surface area contributed by atoms with Crippen LogP contribution in [0.3, 0.4) is 0 Å². The molecule has 2 heterocycles. The number of carbonyl (C=O) groups excluding carboxylic acids is 1. The smallest absolute Gasteiger partial charge is 0.210 e. The molecule has 0 amide bonds. The van der Waals surface area contributed by atoms with Crippen molar-refractivity contribution < 1.29 is 14.7 Å². The Kier molecular flexibility index (Phi) is 7.47. The number of ether oxygens (including phenoxy) is 1. The summed E-state index contributed by atoms with van der Waals surface area (Å²) in [5, 5.41) is 35.8. The van der Waals surface area contributed by atoms with Crippen LogP contribution in [0.1, 0.15) is 12.0 Å². The lowest BCUT2D eigenvalue weighted by molar-refractivity contribution is -0.112. The number of nitrogens with one attached hydrogen (secondary N) is 4. The highest BCUT2D eigenvalue weighted by atomic mass is 16.5. The van der Waals surface area contributed by atoms with Crippen molar-refractivity contribution in [2.24, 2.45) is 5.16 Å². The minimum Gasteiger partial charge on any atom is -0.495 e. The largest absolute Gasteiger partial charge is 0.495 e. The van der Waals surface area contributed by atoms with Gasteiger partial charge in [-0.25, -0.2) is 0 Å². The molecule has 0 radical (unpaired) electrons. The van der Waals surface area contributed by atoms with Crippen LogP contribution in [-0.2, 0) is 4.79 Å². The number of pyridine rings is 1. The molecule has 1 aromatic heterocycles. The molecule has 32 heavy (non-hydrogen) atoms. The van der Waals surface area contributed by atoms with Gasteiger partial charge in [0.15, 0.2) is 0 Å². The molecule has 164 valence electrons. The summed E-state index contributed by atoms with van der Waals surface area (Å²) >= 11 is 0. The van der Waals surface area contributed by atoms with Gasteiger partial charge in [0.1, 0.15) is 23.2 Å². The number of allylic oxidation sites excluding steroid dienone is 2. The second-order valence-corrected chi connectivity index (χ2v) is 6.99. The van der Waals surface area contributed by atoms with Crippen molar-refractivity contribution in [3.05, 3.63) is 78.8 Å². The molecule has 2 aromatic rings. The first-order valence-corrected chi connectivity index (χ1v) is 9.86. The van der Waals surface area contributed by atoms with Crippen molar-refractivity contribution >= 4 is 28.6 Å². The van der Waals surface area contributed by atoms with E-state index in [4.69, 9.17) is 15.6 Å². The highest BCUT2D eigenvalue weighted by Gasteiger charge is 2.31. The highest BCUT2D eigenvalue weighted by Crippen LogP contribution is 2.18. The molecule has 0 spiro atoms. The van der Waals surface area contributed by atoms with Crippen molar-refractivity contribution in [3.8, 4) is 5.75 Å². The van der Waals surface area contributed by atoms with E-state index in [0.29, 0.717) is 17.0 Å². The van der Waals surface area contributed by atoms with Gasteiger partial charge in [-0.1, -0.05) is 47.6 Å². The molecule has 0 saturated heterocycles. The molecule has 0 fully saturated rings. The van der Waals surface area contributed by atoms with Crippen molar-refractivity contribution in [1.29, 1.82) is 10.8 Å². The van der Waals surface area contributed by atoms with Crippen molar-refractivity contribution in [3.63, 3.8) is 0 Å². The van der Waals surface area contributed by atoms with Gasteiger partial charge in [0.25, 0.3) is 0 Å². The number of dihydropyridines is 1. The molecule has 2 atom stereocenters. The Bertz CT molecular complexity index is 1080. The Morgan fingerprint density at radius 3 is 2.72 bits per heavy atom. The molecule has 1 aliphatic heterocycles. The normalized spacial score (nSPS) is 16.0. The summed E-state index contributed by atoms with van der Waals surface area (Å²) in [7, 11) is 1.50. The lowest BCUT2D eigenvalue weighted by atomic mass is 9.93. The van der Waals surface area contributed by atoms with E-state index in [1.54, 1.807) is 42.6 Å². The van der Waals surface area contributed by atoms with Gasteiger partial charge in [-0.2, -0.15) is 0 Å². The SMILES string of the molecule is COc1cncc(NC(C(=N)CC2C=CC=CN2)C(=O)C(=N)/C(=N\O)c2ccccc2)c1. The zero-order chi connectivity index (χ0) is 22.9. The second-order valence-electron chi connectivity index (χ2n) is 6.99. The molecular weight excluding hydrogens is 408 g/mol. The van der Waals surface area contributed by atoms with Crippen LogP contribution in [0, 0.1) is 10.8 Å². The van der Waals surface area contributed by atoms with Gasteiger partial charge in [-0.3, -0.25) is 15.2 Å². The number of ketones is 1. The fourth-order valence-corrected chi connectivity index (χ4v) is 3.17. The maximum Gasteiger partial charge on any atom is 0.210 e. The average molecular weight is 432 g/mol. The van der Waals surface area contributed by atoms with Gasteiger partial charge in [0.05, 0.1) is 25.2 Å². The summed E-state index contributed by atoms with van der Waals surface area (Å²) in [5.74, 6) is -0.225. The van der Waals surface area contributed by atoms with Crippen LogP contribution < -0.4 is 15.4 Å². The van der Waals surface area contributed by atoms with Crippen LogP contribution in [0.2, 0.25) is 0 Å². The average Bonchev–Trinajstić information content (AvgIpc) is 2.84. The molecular formula is C23H24N6O3. The minimum absolute atomic E-state index is 0.0605. The number of carbonyl (C=O) groups is 1. The Hall–Kier alpha value is -4.27. The predicted octanol–water partition coefficient (Wildman–Crippen LogP) is 2.79. The Morgan fingerprint density at radius 1 is 1.28 bits per heavy atom. The minimum atomic E-state index is -1.17. The standard InChI is InChI=1S/C23H24N6O3/c1-32-18-11-17(13-26-14-18)28-22(19(24)12-16-9-5-6-10-27-16)23(30)20(25)21(29-31)15-7-3-2-4-8-15/h2-11,13-14,16,22,24-25,27-28,31H,12H2,1H3/b24-19?,25-20?,29-21-. The number of methoxy groups -OCH3 is 1. The van der Waals surface area contributed by atoms with Crippen molar-refractivity contribution in [2.45, 2.75) is 18.5 Å². The first-order valence-electron chi connectivity index (χ1n) is 9.86. The summed E-state index contributed by atoms with van der Waals surface area (Å²) < 4.78 is 5.18. The van der Waals surface area contributed by atoms with Crippen molar-refractivity contribution in [2.75, 3.05) is 12.4 Å². The number of hydrogen-bond donors (Lipinski definition) is 5.